The first kappa shape index (κ1) is 21.4. The summed E-state index contributed by atoms with van der Waals surface area (Å²) >= 11 is 0. The second-order valence-corrected chi connectivity index (χ2v) is 7.22. The van der Waals surface area contributed by atoms with E-state index in [-0.39, 0.29) is 12.2 Å². The van der Waals surface area contributed by atoms with Crippen LogP contribution in [-0.4, -0.2) is 34.3 Å². The van der Waals surface area contributed by atoms with E-state index in [1.165, 1.54) is 23.4 Å². The fraction of sp³-hybridized carbons (Fsp3) is 0.286. The first-order valence-corrected chi connectivity index (χ1v) is 9.32. The number of alkyl halides is 3. The van der Waals surface area contributed by atoms with Crippen molar-refractivity contribution in [3.8, 4) is 5.69 Å². The van der Waals surface area contributed by atoms with Gasteiger partial charge in [-0.15, -0.1) is 0 Å². The molecule has 0 bridgehead atoms. The first-order valence-electron chi connectivity index (χ1n) is 9.32. The van der Waals surface area contributed by atoms with Crippen LogP contribution in [0.4, 0.5) is 24.5 Å². The number of nitrogens with one attached hydrogen (secondary N) is 1. The van der Waals surface area contributed by atoms with E-state index < -0.39 is 17.6 Å². The molecule has 0 saturated heterocycles. The largest absolute Gasteiger partial charge is 0.416 e. The van der Waals surface area contributed by atoms with Gasteiger partial charge >= 0.3 is 6.18 Å². The monoisotopic (exact) mass is 417 g/mol. The Balaban J connectivity index is 1.82. The van der Waals surface area contributed by atoms with Gasteiger partial charge in [0.15, 0.2) is 0 Å². The first-order chi connectivity index (χ1) is 14.1. The van der Waals surface area contributed by atoms with Crippen LogP contribution in [0.2, 0.25) is 0 Å². The summed E-state index contributed by atoms with van der Waals surface area (Å²) in [4.78, 5) is 18.2. The number of halogens is 3. The van der Waals surface area contributed by atoms with Crippen LogP contribution in [0.15, 0.2) is 55.1 Å². The van der Waals surface area contributed by atoms with Crippen molar-refractivity contribution in [2.75, 3.05) is 23.8 Å². The number of aromatic nitrogens is 3. The average molecular weight is 417 g/mol. The molecule has 0 spiro atoms. The summed E-state index contributed by atoms with van der Waals surface area (Å²) in [6.45, 7) is 4.12. The SMILES string of the molecule is CC(C)c1cccc(N(C)CC(=O)Nc2cc(C(F)(F)F)ccc2-n2cncn2)c1. The summed E-state index contributed by atoms with van der Waals surface area (Å²) in [5, 5.41) is 6.52. The zero-order valence-electron chi connectivity index (χ0n) is 16.8. The number of benzene rings is 2. The topological polar surface area (TPSA) is 63.1 Å². The molecule has 0 aliphatic heterocycles. The molecule has 0 aliphatic carbocycles. The number of carbonyl (C=O) groups excluding carboxylic acids is 1. The maximum absolute atomic E-state index is 13.2. The summed E-state index contributed by atoms with van der Waals surface area (Å²) in [7, 11) is 1.75. The van der Waals surface area contributed by atoms with Crippen LogP contribution >= 0.6 is 0 Å². The molecule has 0 radical (unpaired) electrons. The van der Waals surface area contributed by atoms with E-state index in [0.29, 0.717) is 11.6 Å². The number of amides is 1. The molecule has 1 heterocycles. The Bertz CT molecular complexity index is 1020. The molecule has 0 atom stereocenters. The van der Waals surface area contributed by atoms with Crippen LogP contribution in [0.1, 0.15) is 30.9 Å². The van der Waals surface area contributed by atoms with Gasteiger partial charge in [0, 0.05) is 12.7 Å². The highest BCUT2D eigenvalue weighted by Gasteiger charge is 2.31. The summed E-state index contributed by atoms with van der Waals surface area (Å²) in [6, 6.07) is 10.9. The highest BCUT2D eigenvalue weighted by molar-refractivity contribution is 5.96. The minimum Gasteiger partial charge on any atom is -0.365 e. The zero-order chi connectivity index (χ0) is 21.9. The Morgan fingerprint density at radius 1 is 1.20 bits per heavy atom. The number of carbonyl (C=O) groups is 1. The van der Waals surface area contributed by atoms with Crippen LogP contribution in [0, 0.1) is 0 Å². The second kappa shape index (κ2) is 8.56. The molecule has 0 aliphatic rings. The zero-order valence-corrected chi connectivity index (χ0v) is 16.8. The van der Waals surface area contributed by atoms with E-state index in [0.717, 1.165) is 23.4 Å². The summed E-state index contributed by atoms with van der Waals surface area (Å²) in [5.74, 6) is -0.115. The van der Waals surface area contributed by atoms with Crippen LogP contribution in [0.25, 0.3) is 5.69 Å². The highest BCUT2D eigenvalue weighted by atomic mass is 19.4. The van der Waals surface area contributed by atoms with Gasteiger partial charge in [-0.2, -0.15) is 18.3 Å². The third-order valence-electron chi connectivity index (χ3n) is 4.62. The molecular weight excluding hydrogens is 395 g/mol. The average Bonchev–Trinajstić information content (AvgIpc) is 3.21. The van der Waals surface area contributed by atoms with E-state index in [1.807, 2.05) is 24.3 Å². The number of likely N-dealkylation sites (N-methyl/N-ethyl adjacent to an activating group) is 1. The van der Waals surface area contributed by atoms with Crippen molar-refractivity contribution in [3.05, 3.63) is 66.2 Å². The lowest BCUT2D eigenvalue weighted by Gasteiger charge is -2.21. The van der Waals surface area contributed by atoms with Crippen molar-refractivity contribution in [1.82, 2.24) is 14.8 Å². The van der Waals surface area contributed by atoms with Crippen molar-refractivity contribution < 1.29 is 18.0 Å². The summed E-state index contributed by atoms with van der Waals surface area (Å²) in [5.41, 5.74) is 1.41. The van der Waals surface area contributed by atoms with E-state index in [4.69, 9.17) is 0 Å². The van der Waals surface area contributed by atoms with Gasteiger partial charge in [0.2, 0.25) is 5.91 Å². The van der Waals surface area contributed by atoms with E-state index >= 15 is 0 Å². The fourth-order valence-electron chi connectivity index (χ4n) is 2.96. The number of hydrogen-bond acceptors (Lipinski definition) is 4. The Morgan fingerprint density at radius 2 is 1.97 bits per heavy atom. The molecule has 0 unspecified atom stereocenters. The third kappa shape index (κ3) is 4.97. The number of anilines is 2. The molecule has 1 aromatic heterocycles. The minimum atomic E-state index is -4.53. The van der Waals surface area contributed by atoms with Gasteiger partial charge in [-0.1, -0.05) is 26.0 Å². The molecular formula is C21H22F3N5O. The molecule has 1 amide bonds. The summed E-state index contributed by atoms with van der Waals surface area (Å²) in [6.07, 6.45) is -1.92. The fourth-order valence-corrected chi connectivity index (χ4v) is 2.96. The van der Waals surface area contributed by atoms with E-state index in [2.05, 4.69) is 29.2 Å². The van der Waals surface area contributed by atoms with E-state index in [9.17, 15) is 18.0 Å². The molecule has 0 saturated carbocycles. The van der Waals surface area contributed by atoms with Crippen LogP contribution in [-0.2, 0) is 11.0 Å². The minimum absolute atomic E-state index is 0.00431. The quantitative estimate of drug-likeness (QED) is 0.642. The summed E-state index contributed by atoms with van der Waals surface area (Å²) < 4.78 is 40.8. The molecule has 2 aromatic carbocycles. The lowest BCUT2D eigenvalue weighted by molar-refractivity contribution is -0.137. The number of rotatable bonds is 6. The Hall–Kier alpha value is -3.36. The Labute approximate surface area is 172 Å². The van der Waals surface area contributed by atoms with Gasteiger partial charge in [0.25, 0.3) is 0 Å². The second-order valence-electron chi connectivity index (χ2n) is 7.22. The van der Waals surface area contributed by atoms with Gasteiger partial charge in [0.1, 0.15) is 12.7 Å². The Kier molecular flexibility index (Phi) is 6.09. The normalized spacial score (nSPS) is 11.6. The van der Waals surface area contributed by atoms with Gasteiger partial charge in [-0.25, -0.2) is 9.67 Å². The number of nitrogens with zero attached hydrogens (tertiary/aromatic N) is 4. The molecule has 0 fully saturated rings. The molecule has 30 heavy (non-hydrogen) atoms. The van der Waals surface area contributed by atoms with Crippen molar-refractivity contribution in [2.45, 2.75) is 25.9 Å². The molecule has 1 N–H and O–H groups in total. The standard InChI is InChI=1S/C21H22F3N5O/c1-14(2)15-5-4-6-17(9-15)28(3)11-20(30)27-18-10-16(21(22,23)24)7-8-19(18)29-13-25-12-26-29/h4-10,12-14H,11H2,1-3H3,(H,27,30). The number of hydrogen-bond donors (Lipinski definition) is 1. The predicted octanol–water partition coefficient (Wildman–Crippen LogP) is 4.48. The maximum atomic E-state index is 13.2. The molecule has 6 nitrogen and oxygen atoms in total. The lowest BCUT2D eigenvalue weighted by Crippen LogP contribution is -2.30. The van der Waals surface area contributed by atoms with Crippen molar-refractivity contribution in [1.29, 1.82) is 0 Å². The molecule has 158 valence electrons. The third-order valence-corrected chi connectivity index (χ3v) is 4.62. The van der Waals surface area contributed by atoms with Crippen molar-refractivity contribution in [2.24, 2.45) is 0 Å². The van der Waals surface area contributed by atoms with E-state index in [1.54, 1.807) is 11.9 Å². The predicted molar refractivity (Wildman–Crippen MR) is 109 cm³/mol. The highest BCUT2D eigenvalue weighted by Crippen LogP contribution is 2.33. The van der Waals surface area contributed by atoms with Crippen LogP contribution in [0.3, 0.4) is 0 Å². The van der Waals surface area contributed by atoms with Crippen LogP contribution < -0.4 is 10.2 Å². The smallest absolute Gasteiger partial charge is 0.365 e. The van der Waals surface area contributed by atoms with Gasteiger partial charge in [-0.05, 0) is 41.8 Å². The molecule has 3 rings (SSSR count). The van der Waals surface area contributed by atoms with Gasteiger partial charge < -0.3 is 10.2 Å². The van der Waals surface area contributed by atoms with Crippen molar-refractivity contribution in [3.63, 3.8) is 0 Å². The molecule has 3 aromatic rings. The lowest BCUT2D eigenvalue weighted by atomic mass is 10.0. The van der Waals surface area contributed by atoms with Gasteiger partial charge in [-0.3, -0.25) is 4.79 Å². The van der Waals surface area contributed by atoms with Crippen LogP contribution in [0.5, 0.6) is 0 Å². The molecule has 9 heteroatoms. The van der Waals surface area contributed by atoms with Gasteiger partial charge in [0.05, 0.1) is 23.5 Å². The Morgan fingerprint density at radius 3 is 2.60 bits per heavy atom. The van der Waals surface area contributed by atoms with Crippen molar-refractivity contribution >= 4 is 17.3 Å². The maximum Gasteiger partial charge on any atom is 0.416 e.